The topological polar surface area (TPSA) is 88.6 Å². The smallest absolute Gasteiger partial charge is 0.324 e. The number of para-hydroxylation sites is 1. The maximum absolute atomic E-state index is 12.3. The van der Waals surface area contributed by atoms with Crippen molar-refractivity contribution in [2.45, 2.75) is 33.3 Å². The van der Waals surface area contributed by atoms with Crippen molar-refractivity contribution in [3.05, 3.63) is 41.1 Å². The summed E-state index contributed by atoms with van der Waals surface area (Å²) in [6.45, 7) is 5.97. The van der Waals surface area contributed by atoms with Crippen LogP contribution in [0, 0.1) is 13.8 Å². The Bertz CT molecular complexity index is 894. The van der Waals surface area contributed by atoms with Crippen LogP contribution in [0.3, 0.4) is 0 Å². The van der Waals surface area contributed by atoms with Gasteiger partial charge in [0.2, 0.25) is 0 Å². The van der Waals surface area contributed by atoms with Gasteiger partial charge in [-0.15, -0.1) is 0 Å². The summed E-state index contributed by atoms with van der Waals surface area (Å²) in [6.07, 6.45) is -0.986. The molecule has 2 aromatic rings. The Morgan fingerprint density at radius 1 is 1.31 bits per heavy atom. The molecule has 136 valence electrons. The molecule has 1 fully saturated rings. The molecule has 1 aliphatic heterocycles. The van der Waals surface area contributed by atoms with Gasteiger partial charge in [-0.3, -0.25) is 19.5 Å². The number of rotatable bonds is 4. The summed E-state index contributed by atoms with van der Waals surface area (Å²) in [5, 5.41) is 3.53. The molecule has 2 heterocycles. The number of hydrogen-bond acceptors (Lipinski definition) is 5. The highest BCUT2D eigenvalue weighted by atomic mass is 16.5. The van der Waals surface area contributed by atoms with Crippen molar-refractivity contribution in [3.63, 3.8) is 0 Å². The van der Waals surface area contributed by atoms with Crippen LogP contribution in [0.1, 0.15) is 23.7 Å². The quantitative estimate of drug-likeness (QED) is 0.846. The Morgan fingerprint density at radius 2 is 2.04 bits per heavy atom. The lowest BCUT2D eigenvalue weighted by atomic mass is 9.99. The van der Waals surface area contributed by atoms with Crippen molar-refractivity contribution in [1.82, 2.24) is 15.2 Å². The molecule has 7 heteroatoms. The van der Waals surface area contributed by atoms with Crippen LogP contribution in [0.25, 0.3) is 10.9 Å². The van der Waals surface area contributed by atoms with Crippen LogP contribution in [0.15, 0.2) is 24.3 Å². The van der Waals surface area contributed by atoms with E-state index in [9.17, 15) is 14.4 Å². The normalized spacial score (nSPS) is 15.0. The lowest BCUT2D eigenvalue weighted by molar-refractivity contribution is -0.156. The molecule has 0 bridgehead atoms. The summed E-state index contributed by atoms with van der Waals surface area (Å²) in [5.41, 5.74) is 3.41. The number of carbonyl (C=O) groups excluding carboxylic acids is 3. The Labute approximate surface area is 151 Å². The summed E-state index contributed by atoms with van der Waals surface area (Å²) in [5.74, 6) is -1.04. The molecule has 1 aromatic heterocycles. The monoisotopic (exact) mass is 355 g/mol. The van der Waals surface area contributed by atoms with Crippen molar-refractivity contribution in [2.75, 3.05) is 13.1 Å². The van der Waals surface area contributed by atoms with E-state index in [1.165, 1.54) is 6.92 Å². The maximum Gasteiger partial charge on any atom is 0.324 e. The second kappa shape index (κ2) is 7.11. The molecule has 0 spiro atoms. The highest BCUT2D eigenvalue weighted by Crippen LogP contribution is 2.23. The number of amides is 3. The minimum absolute atomic E-state index is 0.0271. The van der Waals surface area contributed by atoms with Crippen LogP contribution >= 0.6 is 0 Å². The summed E-state index contributed by atoms with van der Waals surface area (Å²) in [7, 11) is 0. The number of pyridine rings is 1. The molecule has 0 aliphatic carbocycles. The zero-order valence-corrected chi connectivity index (χ0v) is 15.0. The van der Waals surface area contributed by atoms with Crippen molar-refractivity contribution >= 4 is 28.8 Å². The third-order valence-electron chi connectivity index (χ3n) is 4.59. The van der Waals surface area contributed by atoms with E-state index in [-0.39, 0.29) is 13.0 Å². The second-order valence-electron chi connectivity index (χ2n) is 6.35. The van der Waals surface area contributed by atoms with Crippen molar-refractivity contribution in [1.29, 1.82) is 0 Å². The molecule has 1 aliphatic rings. The lowest BCUT2D eigenvalue weighted by Crippen LogP contribution is -2.42. The molecule has 0 saturated carbocycles. The molecule has 1 aromatic carbocycles. The van der Waals surface area contributed by atoms with Gasteiger partial charge in [-0.2, -0.15) is 0 Å². The average molecular weight is 355 g/mol. The van der Waals surface area contributed by atoms with Gasteiger partial charge in [-0.05, 0) is 38.0 Å². The molecule has 3 amide bonds. The standard InChI is InChI=1S/C19H21N3O4/c1-11-14-6-4-5-7-16(14)21-12(2)15(11)10-17(23)26-13(3)18(24)22-9-8-20-19(22)25/h4-7,13H,8-10H2,1-3H3,(H,20,25)/t13-/m0/s1. The average Bonchev–Trinajstić information content (AvgIpc) is 3.03. The fourth-order valence-electron chi connectivity index (χ4n) is 3.17. The van der Waals surface area contributed by atoms with E-state index < -0.39 is 24.0 Å². The predicted molar refractivity (Wildman–Crippen MR) is 95.6 cm³/mol. The first-order valence-corrected chi connectivity index (χ1v) is 8.52. The van der Waals surface area contributed by atoms with E-state index in [4.69, 9.17) is 4.74 Å². The van der Waals surface area contributed by atoms with E-state index in [1.54, 1.807) is 0 Å². The Kier molecular flexibility index (Phi) is 4.88. The number of hydrogen-bond donors (Lipinski definition) is 1. The van der Waals surface area contributed by atoms with Gasteiger partial charge in [0, 0.05) is 24.2 Å². The minimum atomic E-state index is -1.01. The van der Waals surface area contributed by atoms with Crippen LogP contribution in [-0.4, -0.2) is 47.0 Å². The molecule has 3 rings (SSSR count). The third kappa shape index (κ3) is 3.37. The molecular weight excluding hydrogens is 334 g/mol. The maximum atomic E-state index is 12.3. The number of nitrogens with one attached hydrogen (secondary N) is 1. The van der Waals surface area contributed by atoms with Gasteiger partial charge < -0.3 is 10.1 Å². The zero-order chi connectivity index (χ0) is 18.8. The molecule has 26 heavy (non-hydrogen) atoms. The fourth-order valence-corrected chi connectivity index (χ4v) is 3.17. The van der Waals surface area contributed by atoms with Gasteiger partial charge in [-0.25, -0.2) is 4.79 Å². The van der Waals surface area contributed by atoms with E-state index in [1.807, 2.05) is 38.1 Å². The van der Waals surface area contributed by atoms with Gasteiger partial charge in [0.1, 0.15) is 0 Å². The van der Waals surface area contributed by atoms with Crippen LogP contribution < -0.4 is 5.32 Å². The van der Waals surface area contributed by atoms with E-state index in [0.717, 1.165) is 32.6 Å². The van der Waals surface area contributed by atoms with Crippen LogP contribution in [-0.2, 0) is 20.7 Å². The van der Waals surface area contributed by atoms with Crippen molar-refractivity contribution < 1.29 is 19.1 Å². The number of aromatic nitrogens is 1. The SMILES string of the molecule is Cc1nc2ccccc2c(C)c1CC(=O)O[C@@H](C)C(=O)N1CCNC1=O. The molecular formula is C19H21N3O4. The number of aryl methyl sites for hydroxylation is 2. The van der Waals surface area contributed by atoms with Gasteiger partial charge in [-0.1, -0.05) is 18.2 Å². The number of imide groups is 1. The lowest BCUT2D eigenvalue weighted by Gasteiger charge is -2.19. The molecule has 0 radical (unpaired) electrons. The number of nitrogens with zero attached hydrogens (tertiary/aromatic N) is 2. The second-order valence-corrected chi connectivity index (χ2v) is 6.35. The highest BCUT2D eigenvalue weighted by Gasteiger charge is 2.31. The Balaban J connectivity index is 1.73. The zero-order valence-electron chi connectivity index (χ0n) is 15.0. The number of carbonyl (C=O) groups is 3. The van der Waals surface area contributed by atoms with Gasteiger partial charge in [0.05, 0.1) is 11.9 Å². The highest BCUT2D eigenvalue weighted by molar-refractivity contribution is 5.98. The molecule has 7 nitrogen and oxygen atoms in total. The first kappa shape index (κ1) is 17.8. The first-order chi connectivity index (χ1) is 12.4. The van der Waals surface area contributed by atoms with Gasteiger partial charge >= 0.3 is 12.0 Å². The largest absolute Gasteiger partial charge is 0.452 e. The minimum Gasteiger partial charge on any atom is -0.452 e. The van der Waals surface area contributed by atoms with Gasteiger partial charge in [0.25, 0.3) is 5.91 Å². The van der Waals surface area contributed by atoms with E-state index in [2.05, 4.69) is 10.3 Å². The van der Waals surface area contributed by atoms with Gasteiger partial charge in [0.15, 0.2) is 6.10 Å². The predicted octanol–water partition coefficient (Wildman–Crippen LogP) is 1.88. The summed E-state index contributed by atoms with van der Waals surface area (Å²) in [4.78, 5) is 41.7. The molecule has 0 unspecified atom stereocenters. The summed E-state index contributed by atoms with van der Waals surface area (Å²) < 4.78 is 5.26. The number of ether oxygens (including phenoxy) is 1. The number of benzene rings is 1. The van der Waals surface area contributed by atoms with Crippen molar-refractivity contribution in [3.8, 4) is 0 Å². The fraction of sp³-hybridized carbons (Fsp3) is 0.368. The van der Waals surface area contributed by atoms with Crippen molar-refractivity contribution in [2.24, 2.45) is 0 Å². The van der Waals surface area contributed by atoms with E-state index >= 15 is 0 Å². The summed E-state index contributed by atoms with van der Waals surface area (Å²) in [6, 6.07) is 7.28. The molecule has 1 atom stereocenters. The van der Waals surface area contributed by atoms with Crippen LogP contribution in [0.2, 0.25) is 0 Å². The van der Waals surface area contributed by atoms with Crippen LogP contribution in [0.4, 0.5) is 4.79 Å². The molecule has 1 saturated heterocycles. The molecule has 1 N–H and O–H groups in total. The number of urea groups is 1. The Hall–Kier alpha value is -2.96. The number of fused-ring (bicyclic) bond motifs is 1. The summed E-state index contributed by atoms with van der Waals surface area (Å²) >= 11 is 0. The first-order valence-electron chi connectivity index (χ1n) is 8.52. The van der Waals surface area contributed by atoms with Crippen LogP contribution in [0.5, 0.6) is 0 Å². The Morgan fingerprint density at radius 3 is 2.73 bits per heavy atom. The number of esters is 1. The third-order valence-corrected chi connectivity index (χ3v) is 4.59. The van der Waals surface area contributed by atoms with E-state index in [0.29, 0.717) is 6.54 Å².